The third-order valence-electron chi connectivity index (χ3n) is 4.29. The van der Waals surface area contributed by atoms with E-state index in [1.807, 2.05) is 12.1 Å². The highest BCUT2D eigenvalue weighted by Gasteiger charge is 2.21. The molecule has 1 heterocycles. The molecule has 1 aliphatic heterocycles. The zero-order chi connectivity index (χ0) is 20.2. The van der Waals surface area contributed by atoms with Crippen molar-refractivity contribution in [1.82, 2.24) is 0 Å². The Morgan fingerprint density at radius 3 is 2.55 bits per heavy atom. The molecule has 0 unspecified atom stereocenters. The third kappa shape index (κ3) is 4.14. The first kappa shape index (κ1) is 18.4. The Kier molecular flexibility index (Phi) is 5.03. The van der Waals surface area contributed by atoms with Crippen molar-refractivity contribution in [3.63, 3.8) is 0 Å². The standard InChI is InChI=1S/C22H18N2O5/c1-27-15-7-9-16(10-8-15)28-13-21(25)23-14-6-11-19-17(12-14)22(26)24-18-4-2-3-5-20(18)29-19/h2-12H,13H2,1H3,(H,23,25)(H,24,26). The maximum atomic E-state index is 12.5. The van der Waals surface area contributed by atoms with Crippen LogP contribution in [0.15, 0.2) is 66.7 Å². The molecule has 146 valence electrons. The van der Waals surface area contributed by atoms with Gasteiger partial charge in [0.15, 0.2) is 12.4 Å². The Labute approximate surface area is 167 Å². The summed E-state index contributed by atoms with van der Waals surface area (Å²) in [7, 11) is 1.58. The molecule has 1 aliphatic rings. The van der Waals surface area contributed by atoms with Crippen LogP contribution in [0.2, 0.25) is 0 Å². The highest BCUT2D eigenvalue weighted by atomic mass is 16.5. The summed E-state index contributed by atoms with van der Waals surface area (Å²) in [5, 5.41) is 5.53. The number of methoxy groups -OCH3 is 1. The van der Waals surface area contributed by atoms with Gasteiger partial charge in [0, 0.05) is 5.69 Å². The molecule has 2 N–H and O–H groups in total. The van der Waals surface area contributed by atoms with Gasteiger partial charge in [-0.2, -0.15) is 0 Å². The lowest BCUT2D eigenvalue weighted by Gasteiger charge is -2.11. The number of benzene rings is 3. The SMILES string of the molecule is COc1ccc(OCC(=O)Nc2ccc3c(c2)C(=O)Nc2ccccc2O3)cc1. The lowest BCUT2D eigenvalue weighted by Crippen LogP contribution is -2.20. The summed E-state index contributed by atoms with van der Waals surface area (Å²) in [6.45, 7) is -0.169. The third-order valence-corrected chi connectivity index (χ3v) is 4.29. The molecule has 0 radical (unpaired) electrons. The van der Waals surface area contributed by atoms with Gasteiger partial charge in [-0.25, -0.2) is 0 Å². The number of para-hydroxylation sites is 2. The number of hydrogen-bond acceptors (Lipinski definition) is 5. The normalized spacial score (nSPS) is 11.8. The average molecular weight is 390 g/mol. The van der Waals surface area contributed by atoms with Crippen molar-refractivity contribution in [2.24, 2.45) is 0 Å². The number of nitrogens with one attached hydrogen (secondary N) is 2. The number of fused-ring (bicyclic) bond motifs is 2. The first-order chi connectivity index (χ1) is 14.1. The molecular weight excluding hydrogens is 372 g/mol. The van der Waals surface area contributed by atoms with Crippen LogP contribution in [0, 0.1) is 0 Å². The Balaban J connectivity index is 1.43. The average Bonchev–Trinajstić information content (AvgIpc) is 2.88. The molecule has 4 rings (SSSR count). The van der Waals surface area contributed by atoms with Crippen molar-refractivity contribution in [3.05, 3.63) is 72.3 Å². The number of amides is 2. The maximum Gasteiger partial charge on any atom is 0.262 e. The van der Waals surface area contributed by atoms with E-state index in [-0.39, 0.29) is 18.4 Å². The van der Waals surface area contributed by atoms with E-state index in [1.54, 1.807) is 61.7 Å². The van der Waals surface area contributed by atoms with Crippen LogP contribution in [0.25, 0.3) is 0 Å². The predicted molar refractivity (Wildman–Crippen MR) is 108 cm³/mol. The highest BCUT2D eigenvalue weighted by molar-refractivity contribution is 6.09. The molecule has 0 aromatic heterocycles. The van der Waals surface area contributed by atoms with Gasteiger partial charge in [-0.05, 0) is 54.6 Å². The van der Waals surface area contributed by atoms with Gasteiger partial charge in [0.1, 0.15) is 17.2 Å². The minimum atomic E-state index is -0.348. The summed E-state index contributed by atoms with van der Waals surface area (Å²) in [5.74, 6) is 1.57. The Hall–Kier alpha value is -4.00. The number of anilines is 2. The molecular formula is C22H18N2O5. The van der Waals surface area contributed by atoms with Crippen molar-refractivity contribution < 1.29 is 23.8 Å². The summed E-state index contributed by atoms with van der Waals surface area (Å²) >= 11 is 0. The van der Waals surface area contributed by atoms with E-state index >= 15 is 0 Å². The van der Waals surface area contributed by atoms with Crippen LogP contribution in [0.5, 0.6) is 23.0 Å². The van der Waals surface area contributed by atoms with Crippen molar-refractivity contribution in [3.8, 4) is 23.0 Å². The lowest BCUT2D eigenvalue weighted by molar-refractivity contribution is -0.118. The molecule has 3 aromatic carbocycles. The Morgan fingerprint density at radius 1 is 1.00 bits per heavy atom. The second kappa shape index (κ2) is 7.93. The second-order valence-corrected chi connectivity index (χ2v) is 6.28. The molecule has 0 saturated carbocycles. The minimum Gasteiger partial charge on any atom is -0.497 e. The monoisotopic (exact) mass is 390 g/mol. The summed E-state index contributed by atoms with van der Waals surface area (Å²) < 4.78 is 16.4. The number of hydrogen-bond donors (Lipinski definition) is 2. The van der Waals surface area contributed by atoms with E-state index in [4.69, 9.17) is 14.2 Å². The molecule has 7 heteroatoms. The molecule has 0 bridgehead atoms. The number of carbonyl (C=O) groups excluding carboxylic acids is 2. The van der Waals surface area contributed by atoms with Gasteiger partial charge >= 0.3 is 0 Å². The maximum absolute atomic E-state index is 12.5. The van der Waals surface area contributed by atoms with Crippen LogP contribution in [-0.4, -0.2) is 25.5 Å². The van der Waals surface area contributed by atoms with Crippen LogP contribution in [0.3, 0.4) is 0 Å². The first-order valence-electron chi connectivity index (χ1n) is 8.91. The van der Waals surface area contributed by atoms with Gasteiger partial charge in [0.05, 0.1) is 18.4 Å². The zero-order valence-corrected chi connectivity index (χ0v) is 15.6. The number of rotatable bonds is 5. The molecule has 2 amide bonds. The van der Waals surface area contributed by atoms with Crippen molar-refractivity contribution >= 4 is 23.2 Å². The smallest absolute Gasteiger partial charge is 0.262 e. The molecule has 0 spiro atoms. The molecule has 0 fully saturated rings. The van der Waals surface area contributed by atoms with Crippen molar-refractivity contribution in [2.45, 2.75) is 0 Å². The zero-order valence-electron chi connectivity index (χ0n) is 15.6. The van der Waals surface area contributed by atoms with E-state index in [2.05, 4.69) is 10.6 Å². The molecule has 7 nitrogen and oxygen atoms in total. The van der Waals surface area contributed by atoms with Crippen LogP contribution in [0.1, 0.15) is 10.4 Å². The van der Waals surface area contributed by atoms with E-state index in [1.165, 1.54) is 0 Å². The van der Waals surface area contributed by atoms with E-state index in [9.17, 15) is 9.59 Å². The Morgan fingerprint density at radius 2 is 1.76 bits per heavy atom. The topological polar surface area (TPSA) is 85.9 Å². The molecule has 3 aromatic rings. The van der Waals surface area contributed by atoms with Crippen LogP contribution in [-0.2, 0) is 4.79 Å². The molecule has 0 atom stereocenters. The summed E-state index contributed by atoms with van der Waals surface area (Å²) in [6.07, 6.45) is 0. The predicted octanol–water partition coefficient (Wildman–Crippen LogP) is 4.07. The van der Waals surface area contributed by atoms with Gasteiger partial charge in [0.25, 0.3) is 11.8 Å². The lowest BCUT2D eigenvalue weighted by atomic mass is 10.1. The fourth-order valence-corrected chi connectivity index (χ4v) is 2.86. The van der Waals surface area contributed by atoms with E-state index in [0.717, 1.165) is 0 Å². The van der Waals surface area contributed by atoms with Gasteiger partial charge < -0.3 is 24.8 Å². The second-order valence-electron chi connectivity index (χ2n) is 6.28. The highest BCUT2D eigenvalue weighted by Crippen LogP contribution is 2.36. The van der Waals surface area contributed by atoms with Gasteiger partial charge in [-0.3, -0.25) is 9.59 Å². The Bertz CT molecular complexity index is 1060. The van der Waals surface area contributed by atoms with Crippen molar-refractivity contribution in [2.75, 3.05) is 24.4 Å². The molecule has 0 saturated heterocycles. The van der Waals surface area contributed by atoms with Gasteiger partial charge in [0.2, 0.25) is 0 Å². The van der Waals surface area contributed by atoms with E-state index < -0.39 is 0 Å². The van der Waals surface area contributed by atoms with E-state index in [0.29, 0.717) is 39.9 Å². The van der Waals surface area contributed by atoms with Crippen LogP contribution in [0.4, 0.5) is 11.4 Å². The fourth-order valence-electron chi connectivity index (χ4n) is 2.86. The van der Waals surface area contributed by atoms with Gasteiger partial charge in [-0.15, -0.1) is 0 Å². The number of carbonyl (C=O) groups is 2. The van der Waals surface area contributed by atoms with Crippen molar-refractivity contribution in [1.29, 1.82) is 0 Å². The van der Waals surface area contributed by atoms with Crippen LogP contribution >= 0.6 is 0 Å². The molecule has 0 aliphatic carbocycles. The fraction of sp³-hybridized carbons (Fsp3) is 0.0909. The summed E-state index contributed by atoms with van der Waals surface area (Å²) in [6, 6.07) is 19.0. The summed E-state index contributed by atoms with van der Waals surface area (Å²) in [4.78, 5) is 24.7. The summed E-state index contributed by atoms with van der Waals surface area (Å²) in [5.41, 5.74) is 1.39. The quantitative estimate of drug-likeness (QED) is 0.686. The van der Waals surface area contributed by atoms with Gasteiger partial charge in [-0.1, -0.05) is 12.1 Å². The van der Waals surface area contributed by atoms with Crippen LogP contribution < -0.4 is 24.8 Å². The first-order valence-corrected chi connectivity index (χ1v) is 8.91. The molecule has 29 heavy (non-hydrogen) atoms. The minimum absolute atomic E-state index is 0.169. The number of ether oxygens (including phenoxy) is 3. The largest absolute Gasteiger partial charge is 0.497 e.